The molecule has 3 N–H and O–H groups in total. The van der Waals surface area contributed by atoms with E-state index in [2.05, 4.69) is 17.2 Å². The normalized spacial score (nSPS) is 14.5. The van der Waals surface area contributed by atoms with Gasteiger partial charge in [-0.1, -0.05) is 35.9 Å². The van der Waals surface area contributed by atoms with Crippen molar-refractivity contribution in [3.05, 3.63) is 59.7 Å². The first kappa shape index (κ1) is 18.6. The Morgan fingerprint density at radius 3 is 2.54 bits per heavy atom. The number of para-hydroxylation sites is 1. The minimum absolute atomic E-state index is 0. The number of nitrogens with zero attached hydrogens (tertiary/aromatic N) is 1. The summed E-state index contributed by atoms with van der Waals surface area (Å²) in [6.45, 7) is 2.56. The molecule has 1 saturated carbocycles. The molecule has 2 aromatic carbocycles. The Labute approximate surface area is 160 Å². The topological polar surface area (TPSA) is 59.6 Å². The fraction of sp³-hybridized carbons (Fsp3) is 0.316. The summed E-state index contributed by atoms with van der Waals surface area (Å²) in [5.41, 5.74) is 9.20. The Morgan fingerprint density at radius 1 is 1.17 bits per heavy atom. The Kier molecular flexibility index (Phi) is 6.90. The van der Waals surface area contributed by atoms with Crippen LogP contribution in [0.4, 0.5) is 5.69 Å². The van der Waals surface area contributed by atoms with Crippen LogP contribution in [0.25, 0.3) is 0 Å². The molecule has 1 aliphatic rings. The van der Waals surface area contributed by atoms with E-state index < -0.39 is 0 Å². The quantitative estimate of drug-likeness (QED) is 0.412. The first-order chi connectivity index (χ1) is 11.2. The highest BCUT2D eigenvalue weighted by Crippen LogP contribution is 2.27. The van der Waals surface area contributed by atoms with Gasteiger partial charge in [-0.2, -0.15) is 0 Å². The zero-order chi connectivity index (χ0) is 16.1. The third-order valence-corrected chi connectivity index (χ3v) is 4.06. The van der Waals surface area contributed by atoms with E-state index >= 15 is 0 Å². The minimum Gasteiger partial charge on any atom is -0.490 e. The number of hydrogen-bond acceptors (Lipinski definition) is 2. The van der Waals surface area contributed by atoms with Crippen LogP contribution in [-0.4, -0.2) is 12.1 Å². The molecule has 0 amide bonds. The molecule has 0 radical (unpaired) electrons. The second-order valence-corrected chi connectivity index (χ2v) is 5.97. The summed E-state index contributed by atoms with van der Waals surface area (Å²) in [6, 6.07) is 16.1. The zero-order valence-corrected chi connectivity index (χ0v) is 16.2. The molecule has 0 unspecified atom stereocenters. The largest absolute Gasteiger partial charge is 0.490 e. The number of rotatable bonds is 5. The van der Waals surface area contributed by atoms with E-state index in [4.69, 9.17) is 10.5 Å². The summed E-state index contributed by atoms with van der Waals surface area (Å²) >= 11 is 0. The minimum atomic E-state index is 0. The van der Waals surface area contributed by atoms with Gasteiger partial charge in [-0.05, 0) is 44.4 Å². The molecule has 3 rings (SSSR count). The maximum absolute atomic E-state index is 6.01. The van der Waals surface area contributed by atoms with Crippen LogP contribution in [0.2, 0.25) is 0 Å². The van der Waals surface area contributed by atoms with Crippen LogP contribution in [0.15, 0.2) is 53.5 Å². The summed E-state index contributed by atoms with van der Waals surface area (Å²) in [6.07, 6.45) is 3.92. The van der Waals surface area contributed by atoms with Gasteiger partial charge >= 0.3 is 0 Å². The number of benzene rings is 2. The molecule has 0 heterocycles. The lowest BCUT2D eigenvalue weighted by molar-refractivity contribution is 0.119. The first-order valence-corrected chi connectivity index (χ1v) is 8.09. The van der Waals surface area contributed by atoms with Gasteiger partial charge in [0.25, 0.3) is 0 Å². The number of aliphatic imine (C=N–C) groups is 1. The van der Waals surface area contributed by atoms with Gasteiger partial charge in [0.15, 0.2) is 5.96 Å². The summed E-state index contributed by atoms with van der Waals surface area (Å²) in [5.74, 6) is 1.33. The number of nitrogens with two attached hydrogens (primary N) is 1. The highest BCUT2D eigenvalue weighted by Gasteiger charge is 2.19. The van der Waals surface area contributed by atoms with Crippen molar-refractivity contribution >= 4 is 35.6 Å². The highest BCUT2D eigenvalue weighted by molar-refractivity contribution is 14.0. The maximum atomic E-state index is 6.01. The standard InChI is InChI=1S/C19H23N3O.HI/c1-14-9-11-16(12-10-14)22-19(20)21-13-15-5-2-3-8-18(15)23-17-6-4-7-17;/h2-3,5,8-12,17H,4,6-7,13H2,1H3,(H3,20,21,22);1H. The number of guanidine groups is 1. The Hall–Kier alpha value is -1.76. The van der Waals surface area contributed by atoms with Crippen molar-refractivity contribution < 1.29 is 4.74 Å². The fourth-order valence-electron chi connectivity index (χ4n) is 2.41. The number of halogens is 1. The van der Waals surface area contributed by atoms with Crippen LogP contribution >= 0.6 is 24.0 Å². The van der Waals surface area contributed by atoms with Crippen LogP contribution in [0.1, 0.15) is 30.4 Å². The Bertz CT molecular complexity index is 681. The summed E-state index contributed by atoms with van der Waals surface area (Å²) in [7, 11) is 0. The van der Waals surface area contributed by atoms with E-state index in [1.165, 1.54) is 12.0 Å². The average Bonchev–Trinajstić information content (AvgIpc) is 2.52. The summed E-state index contributed by atoms with van der Waals surface area (Å²) in [5, 5.41) is 3.11. The molecule has 2 aromatic rings. The number of ether oxygens (including phenoxy) is 1. The van der Waals surface area contributed by atoms with Crippen LogP contribution in [0, 0.1) is 6.92 Å². The van der Waals surface area contributed by atoms with E-state index in [1.807, 2.05) is 48.5 Å². The lowest BCUT2D eigenvalue weighted by atomic mass is 9.96. The molecule has 1 aliphatic carbocycles. The number of nitrogens with one attached hydrogen (secondary N) is 1. The zero-order valence-electron chi connectivity index (χ0n) is 13.9. The second-order valence-electron chi connectivity index (χ2n) is 5.97. The molecule has 0 saturated heterocycles. The van der Waals surface area contributed by atoms with Gasteiger partial charge in [-0.3, -0.25) is 0 Å². The smallest absolute Gasteiger partial charge is 0.193 e. The van der Waals surface area contributed by atoms with Gasteiger partial charge in [-0.15, -0.1) is 24.0 Å². The SMILES string of the molecule is Cc1ccc(NC(N)=NCc2ccccc2OC2CCC2)cc1.I. The highest BCUT2D eigenvalue weighted by atomic mass is 127. The van der Waals surface area contributed by atoms with Gasteiger partial charge in [-0.25, -0.2) is 4.99 Å². The van der Waals surface area contributed by atoms with E-state index in [-0.39, 0.29) is 24.0 Å². The van der Waals surface area contributed by atoms with Crippen molar-refractivity contribution in [2.75, 3.05) is 5.32 Å². The molecule has 128 valence electrons. The molecular weight excluding hydrogens is 413 g/mol. The van der Waals surface area contributed by atoms with Crippen LogP contribution in [0.3, 0.4) is 0 Å². The molecule has 4 nitrogen and oxygen atoms in total. The van der Waals surface area contributed by atoms with Gasteiger partial charge in [0.2, 0.25) is 0 Å². The summed E-state index contributed by atoms with van der Waals surface area (Å²) < 4.78 is 6.01. The lowest BCUT2D eigenvalue weighted by Crippen LogP contribution is -2.25. The second kappa shape index (κ2) is 8.92. The monoisotopic (exact) mass is 437 g/mol. The molecule has 0 aliphatic heterocycles. The van der Waals surface area contributed by atoms with Crippen LogP contribution in [0.5, 0.6) is 5.75 Å². The van der Waals surface area contributed by atoms with Crippen molar-refractivity contribution in [1.82, 2.24) is 0 Å². The molecular formula is C19H24IN3O. The van der Waals surface area contributed by atoms with E-state index in [0.29, 0.717) is 18.6 Å². The maximum Gasteiger partial charge on any atom is 0.193 e. The van der Waals surface area contributed by atoms with Gasteiger partial charge in [0.1, 0.15) is 5.75 Å². The van der Waals surface area contributed by atoms with Crippen molar-refractivity contribution in [2.24, 2.45) is 10.7 Å². The lowest BCUT2D eigenvalue weighted by Gasteiger charge is -2.27. The third kappa shape index (κ3) is 5.12. The van der Waals surface area contributed by atoms with Crippen molar-refractivity contribution in [2.45, 2.75) is 38.8 Å². The van der Waals surface area contributed by atoms with E-state index in [9.17, 15) is 0 Å². The fourth-order valence-corrected chi connectivity index (χ4v) is 2.41. The van der Waals surface area contributed by atoms with Gasteiger partial charge < -0.3 is 15.8 Å². The van der Waals surface area contributed by atoms with Crippen LogP contribution in [-0.2, 0) is 6.54 Å². The van der Waals surface area contributed by atoms with Crippen molar-refractivity contribution in [1.29, 1.82) is 0 Å². The van der Waals surface area contributed by atoms with Crippen molar-refractivity contribution in [3.63, 3.8) is 0 Å². The summed E-state index contributed by atoms with van der Waals surface area (Å²) in [4.78, 5) is 4.43. The van der Waals surface area contributed by atoms with Crippen LogP contribution < -0.4 is 15.8 Å². The molecule has 0 bridgehead atoms. The average molecular weight is 437 g/mol. The predicted octanol–water partition coefficient (Wildman–Crippen LogP) is 4.47. The molecule has 0 atom stereocenters. The molecule has 24 heavy (non-hydrogen) atoms. The number of hydrogen-bond donors (Lipinski definition) is 2. The Balaban J connectivity index is 0.00000208. The van der Waals surface area contributed by atoms with Gasteiger partial charge in [0.05, 0.1) is 12.6 Å². The van der Waals surface area contributed by atoms with Crippen molar-refractivity contribution in [3.8, 4) is 5.75 Å². The predicted molar refractivity (Wildman–Crippen MR) is 110 cm³/mol. The Morgan fingerprint density at radius 2 is 1.88 bits per heavy atom. The molecule has 0 spiro atoms. The molecule has 0 aromatic heterocycles. The van der Waals surface area contributed by atoms with Gasteiger partial charge in [0, 0.05) is 11.3 Å². The number of aryl methyl sites for hydroxylation is 1. The first-order valence-electron chi connectivity index (χ1n) is 8.09. The van der Waals surface area contributed by atoms with E-state index in [0.717, 1.165) is 29.8 Å². The molecule has 1 fully saturated rings. The molecule has 5 heteroatoms. The number of anilines is 1. The third-order valence-electron chi connectivity index (χ3n) is 4.06. The van der Waals surface area contributed by atoms with E-state index in [1.54, 1.807) is 0 Å².